The van der Waals surface area contributed by atoms with Gasteiger partial charge in [-0.25, -0.2) is 4.98 Å². The first-order valence-corrected chi connectivity index (χ1v) is 7.71. The summed E-state index contributed by atoms with van der Waals surface area (Å²) in [6.07, 6.45) is -2.97. The molecule has 0 aliphatic heterocycles. The SMILES string of the molecule is FC(F)(F)Oc1ccc2c(ccn2-c2ccc3cccc(Cl)c3n2)c1. The molecule has 2 aromatic carbocycles. The van der Waals surface area contributed by atoms with Gasteiger partial charge >= 0.3 is 6.36 Å². The van der Waals surface area contributed by atoms with Crippen LogP contribution in [0.25, 0.3) is 27.6 Å². The largest absolute Gasteiger partial charge is 0.573 e. The molecule has 2 aromatic heterocycles. The van der Waals surface area contributed by atoms with Gasteiger partial charge in [-0.2, -0.15) is 0 Å². The van der Waals surface area contributed by atoms with Gasteiger partial charge < -0.3 is 9.30 Å². The Kier molecular flexibility index (Phi) is 3.58. The van der Waals surface area contributed by atoms with E-state index in [0.717, 1.165) is 5.39 Å². The summed E-state index contributed by atoms with van der Waals surface area (Å²) in [6.45, 7) is 0. The molecule has 25 heavy (non-hydrogen) atoms. The Balaban J connectivity index is 1.81. The van der Waals surface area contributed by atoms with Crippen molar-refractivity contribution in [2.75, 3.05) is 0 Å². The van der Waals surface area contributed by atoms with Gasteiger partial charge in [0.25, 0.3) is 0 Å². The van der Waals surface area contributed by atoms with Gasteiger partial charge in [0.2, 0.25) is 0 Å². The smallest absolute Gasteiger partial charge is 0.406 e. The van der Waals surface area contributed by atoms with Crippen LogP contribution in [-0.4, -0.2) is 15.9 Å². The molecule has 0 bridgehead atoms. The van der Waals surface area contributed by atoms with Crippen molar-refractivity contribution < 1.29 is 17.9 Å². The van der Waals surface area contributed by atoms with Gasteiger partial charge in [0.05, 0.1) is 16.1 Å². The van der Waals surface area contributed by atoms with Gasteiger partial charge in [-0.1, -0.05) is 23.7 Å². The van der Waals surface area contributed by atoms with Crippen molar-refractivity contribution in [3.8, 4) is 11.6 Å². The maximum atomic E-state index is 12.3. The highest BCUT2D eigenvalue weighted by Crippen LogP contribution is 2.29. The number of hydrogen-bond donors (Lipinski definition) is 0. The summed E-state index contributed by atoms with van der Waals surface area (Å²) in [7, 11) is 0. The topological polar surface area (TPSA) is 27.1 Å². The molecule has 126 valence electrons. The summed E-state index contributed by atoms with van der Waals surface area (Å²) in [5.74, 6) is 0.368. The zero-order valence-corrected chi connectivity index (χ0v) is 13.3. The van der Waals surface area contributed by atoms with Crippen molar-refractivity contribution in [3.05, 3.63) is 65.8 Å². The first-order valence-electron chi connectivity index (χ1n) is 7.33. The van der Waals surface area contributed by atoms with E-state index in [-0.39, 0.29) is 5.75 Å². The summed E-state index contributed by atoms with van der Waals surface area (Å²) >= 11 is 6.20. The van der Waals surface area contributed by atoms with E-state index in [1.165, 1.54) is 12.1 Å². The third-order valence-corrected chi connectivity index (χ3v) is 4.10. The number of para-hydroxylation sites is 1. The molecule has 3 nitrogen and oxygen atoms in total. The second-order valence-electron chi connectivity index (χ2n) is 5.44. The molecular formula is C18H10ClF3N2O. The number of fused-ring (bicyclic) bond motifs is 2. The number of pyridine rings is 1. The molecule has 0 saturated carbocycles. The molecule has 2 heterocycles. The molecule has 4 rings (SSSR count). The molecule has 0 aliphatic carbocycles. The predicted octanol–water partition coefficient (Wildman–Crippen LogP) is 5.73. The monoisotopic (exact) mass is 362 g/mol. The lowest BCUT2D eigenvalue weighted by molar-refractivity contribution is -0.274. The molecule has 0 N–H and O–H groups in total. The van der Waals surface area contributed by atoms with E-state index in [4.69, 9.17) is 11.6 Å². The highest BCUT2D eigenvalue weighted by atomic mass is 35.5. The lowest BCUT2D eigenvalue weighted by Crippen LogP contribution is -2.16. The zero-order chi connectivity index (χ0) is 17.6. The molecule has 7 heteroatoms. The van der Waals surface area contributed by atoms with Crippen LogP contribution in [0.4, 0.5) is 13.2 Å². The van der Waals surface area contributed by atoms with Crippen LogP contribution >= 0.6 is 11.6 Å². The van der Waals surface area contributed by atoms with Crippen LogP contribution < -0.4 is 4.74 Å². The Hall–Kier alpha value is -2.73. The molecular weight excluding hydrogens is 353 g/mol. The Morgan fingerprint density at radius 1 is 0.960 bits per heavy atom. The second kappa shape index (κ2) is 5.67. The molecule has 0 fully saturated rings. The van der Waals surface area contributed by atoms with E-state index in [1.54, 1.807) is 29.0 Å². The average molecular weight is 363 g/mol. The lowest BCUT2D eigenvalue weighted by atomic mass is 10.2. The maximum Gasteiger partial charge on any atom is 0.573 e. The Morgan fingerprint density at radius 3 is 2.60 bits per heavy atom. The highest BCUT2D eigenvalue weighted by Gasteiger charge is 2.31. The summed E-state index contributed by atoms with van der Waals surface area (Å²) in [5.41, 5.74) is 1.38. The minimum Gasteiger partial charge on any atom is -0.406 e. The fourth-order valence-electron chi connectivity index (χ4n) is 2.75. The van der Waals surface area contributed by atoms with Gasteiger partial charge in [0, 0.05) is 17.0 Å². The fourth-order valence-corrected chi connectivity index (χ4v) is 2.98. The molecule has 0 saturated heterocycles. The number of nitrogens with zero attached hydrogens (tertiary/aromatic N) is 2. The van der Waals surface area contributed by atoms with E-state index in [0.29, 0.717) is 27.3 Å². The van der Waals surface area contributed by atoms with Gasteiger partial charge in [0.15, 0.2) is 0 Å². The van der Waals surface area contributed by atoms with Crippen molar-refractivity contribution in [1.29, 1.82) is 0 Å². The third-order valence-electron chi connectivity index (χ3n) is 3.80. The third kappa shape index (κ3) is 3.00. The Morgan fingerprint density at radius 2 is 1.80 bits per heavy atom. The van der Waals surface area contributed by atoms with Crippen LogP contribution in [0, 0.1) is 0 Å². The number of aromatic nitrogens is 2. The lowest BCUT2D eigenvalue weighted by Gasteiger charge is -2.10. The van der Waals surface area contributed by atoms with Gasteiger partial charge in [0.1, 0.15) is 11.6 Å². The first kappa shape index (κ1) is 15.8. The van der Waals surface area contributed by atoms with Crippen LogP contribution in [0.1, 0.15) is 0 Å². The summed E-state index contributed by atoms with van der Waals surface area (Å²) in [4.78, 5) is 4.57. The molecule has 0 atom stereocenters. The number of ether oxygens (including phenoxy) is 1. The van der Waals surface area contributed by atoms with Crippen molar-refractivity contribution in [2.45, 2.75) is 6.36 Å². The first-order chi connectivity index (χ1) is 11.9. The number of benzene rings is 2. The Bertz CT molecular complexity index is 1090. The van der Waals surface area contributed by atoms with Crippen LogP contribution in [0.2, 0.25) is 5.02 Å². The number of hydrogen-bond acceptors (Lipinski definition) is 2. The summed E-state index contributed by atoms with van der Waals surface area (Å²) < 4.78 is 42.8. The summed E-state index contributed by atoms with van der Waals surface area (Å²) in [6, 6.07) is 15.1. The van der Waals surface area contributed by atoms with E-state index in [9.17, 15) is 13.2 Å². The van der Waals surface area contributed by atoms with E-state index < -0.39 is 6.36 Å². The minimum atomic E-state index is -4.72. The number of halogens is 4. The molecule has 0 amide bonds. The highest BCUT2D eigenvalue weighted by molar-refractivity contribution is 6.35. The second-order valence-corrected chi connectivity index (χ2v) is 5.84. The Labute approximate surface area is 145 Å². The maximum absolute atomic E-state index is 12.3. The quantitative estimate of drug-likeness (QED) is 0.455. The fraction of sp³-hybridized carbons (Fsp3) is 0.0556. The van der Waals surface area contributed by atoms with Gasteiger partial charge in [-0.15, -0.1) is 13.2 Å². The number of alkyl halides is 3. The molecule has 0 spiro atoms. The van der Waals surface area contributed by atoms with Crippen molar-refractivity contribution in [2.24, 2.45) is 0 Å². The van der Waals surface area contributed by atoms with Crippen LogP contribution in [0.5, 0.6) is 5.75 Å². The molecule has 0 aliphatic rings. The molecule has 0 unspecified atom stereocenters. The molecule has 0 radical (unpaired) electrons. The van der Waals surface area contributed by atoms with E-state index >= 15 is 0 Å². The summed E-state index contributed by atoms with van der Waals surface area (Å²) in [5, 5.41) is 2.06. The minimum absolute atomic E-state index is 0.257. The molecule has 4 aromatic rings. The zero-order valence-electron chi connectivity index (χ0n) is 12.6. The van der Waals surface area contributed by atoms with Crippen molar-refractivity contribution >= 4 is 33.4 Å². The van der Waals surface area contributed by atoms with E-state index in [2.05, 4.69) is 9.72 Å². The number of rotatable bonds is 2. The van der Waals surface area contributed by atoms with Gasteiger partial charge in [-0.05, 0) is 42.5 Å². The van der Waals surface area contributed by atoms with Crippen LogP contribution in [-0.2, 0) is 0 Å². The van der Waals surface area contributed by atoms with Gasteiger partial charge in [-0.3, -0.25) is 0 Å². The van der Waals surface area contributed by atoms with Crippen LogP contribution in [0.3, 0.4) is 0 Å². The van der Waals surface area contributed by atoms with Crippen molar-refractivity contribution in [1.82, 2.24) is 9.55 Å². The normalized spacial score (nSPS) is 12.0. The average Bonchev–Trinajstić information content (AvgIpc) is 2.96. The standard InChI is InChI=1S/C18H10ClF3N2O/c19-14-3-1-2-11-4-7-16(23-17(11)14)24-9-8-12-10-13(5-6-15(12)24)25-18(20,21)22/h1-10H. The van der Waals surface area contributed by atoms with Crippen LogP contribution in [0.15, 0.2) is 60.8 Å². The van der Waals surface area contributed by atoms with E-state index in [1.807, 2.05) is 24.3 Å². The predicted molar refractivity (Wildman–Crippen MR) is 90.3 cm³/mol. The van der Waals surface area contributed by atoms with Crippen molar-refractivity contribution in [3.63, 3.8) is 0 Å².